The maximum absolute atomic E-state index is 5.80. The maximum atomic E-state index is 5.80. The summed E-state index contributed by atoms with van der Waals surface area (Å²) >= 11 is 0. The minimum Gasteiger partial charge on any atom is -0.374 e. The molecule has 8 heteroatoms. The number of likely N-dealkylation sites (N-methyl/N-ethyl adjacent to an activating group) is 1. The van der Waals surface area contributed by atoms with E-state index in [4.69, 9.17) is 9.26 Å². The number of guanidine groups is 1. The molecule has 2 fully saturated rings. The average Bonchev–Trinajstić information content (AvgIpc) is 3.10. The van der Waals surface area contributed by atoms with Crippen molar-refractivity contribution in [2.75, 3.05) is 66.5 Å². The van der Waals surface area contributed by atoms with Crippen molar-refractivity contribution in [3.05, 3.63) is 18.0 Å². The van der Waals surface area contributed by atoms with Crippen LogP contribution in [0.5, 0.6) is 0 Å². The molecule has 1 unspecified atom stereocenters. The third-order valence-electron chi connectivity index (χ3n) is 4.59. The average molecular weight is 336 g/mol. The van der Waals surface area contributed by atoms with Gasteiger partial charge >= 0.3 is 0 Å². The van der Waals surface area contributed by atoms with Crippen molar-refractivity contribution >= 4 is 5.96 Å². The fourth-order valence-electron chi connectivity index (χ4n) is 3.19. The highest BCUT2D eigenvalue weighted by molar-refractivity contribution is 5.80. The van der Waals surface area contributed by atoms with Gasteiger partial charge in [0.15, 0.2) is 5.96 Å². The minimum absolute atomic E-state index is 0.231. The molecule has 2 aliphatic rings. The van der Waals surface area contributed by atoms with Gasteiger partial charge in [-0.1, -0.05) is 5.16 Å². The van der Waals surface area contributed by atoms with E-state index in [-0.39, 0.29) is 6.10 Å². The molecule has 2 aliphatic heterocycles. The van der Waals surface area contributed by atoms with Gasteiger partial charge in [-0.25, -0.2) is 0 Å². The standard InChI is InChI=1S/C16H28N6O2/c1-17-16(18-11-15-13-20(2)8-10-23-15)22-6-4-21(5-7-22)12-14-3-9-24-19-14/h3,9,15H,4-8,10-13H2,1-2H3,(H,17,18). The molecular weight excluding hydrogens is 308 g/mol. The highest BCUT2D eigenvalue weighted by Gasteiger charge is 2.22. The molecule has 1 aromatic rings. The van der Waals surface area contributed by atoms with Crippen LogP contribution in [0.2, 0.25) is 0 Å². The summed E-state index contributed by atoms with van der Waals surface area (Å²) in [5, 5.41) is 7.45. The van der Waals surface area contributed by atoms with E-state index in [0.29, 0.717) is 0 Å². The highest BCUT2D eigenvalue weighted by atomic mass is 16.5. The van der Waals surface area contributed by atoms with Crippen molar-refractivity contribution in [2.45, 2.75) is 12.6 Å². The lowest BCUT2D eigenvalue weighted by Crippen LogP contribution is -2.54. The Bertz CT molecular complexity index is 513. The predicted molar refractivity (Wildman–Crippen MR) is 92.0 cm³/mol. The third kappa shape index (κ3) is 4.68. The number of aliphatic imine (C=N–C) groups is 1. The van der Waals surface area contributed by atoms with Crippen LogP contribution in [0.3, 0.4) is 0 Å². The zero-order valence-electron chi connectivity index (χ0n) is 14.6. The molecule has 2 saturated heterocycles. The van der Waals surface area contributed by atoms with Gasteiger partial charge in [-0.15, -0.1) is 0 Å². The Balaban J connectivity index is 1.42. The molecule has 0 bridgehead atoms. The predicted octanol–water partition coefficient (Wildman–Crippen LogP) is -0.302. The summed E-state index contributed by atoms with van der Waals surface area (Å²) in [7, 11) is 3.98. The van der Waals surface area contributed by atoms with Crippen LogP contribution < -0.4 is 5.32 Å². The fraction of sp³-hybridized carbons (Fsp3) is 0.750. The lowest BCUT2D eigenvalue weighted by Gasteiger charge is -2.37. The number of nitrogens with zero attached hydrogens (tertiary/aromatic N) is 5. The number of rotatable bonds is 4. The number of piperazine rings is 1. The van der Waals surface area contributed by atoms with Gasteiger partial charge < -0.3 is 24.4 Å². The Labute approximate surface area is 143 Å². The molecule has 24 heavy (non-hydrogen) atoms. The largest absolute Gasteiger partial charge is 0.374 e. The van der Waals surface area contributed by atoms with Gasteiger partial charge in [0.05, 0.1) is 18.4 Å². The molecule has 0 amide bonds. The zero-order valence-corrected chi connectivity index (χ0v) is 14.6. The van der Waals surface area contributed by atoms with Crippen LogP contribution in [0.15, 0.2) is 21.8 Å². The molecule has 0 aromatic carbocycles. The molecule has 1 aromatic heterocycles. The number of hydrogen-bond acceptors (Lipinski definition) is 6. The number of aromatic nitrogens is 1. The SMILES string of the molecule is CN=C(NCC1CN(C)CCO1)N1CCN(Cc2ccon2)CC1. The van der Waals surface area contributed by atoms with Crippen LogP contribution in [0.25, 0.3) is 0 Å². The highest BCUT2D eigenvalue weighted by Crippen LogP contribution is 2.08. The second kappa shape index (κ2) is 8.46. The summed E-state index contributed by atoms with van der Waals surface area (Å²) in [5.74, 6) is 0.966. The van der Waals surface area contributed by atoms with Crippen LogP contribution >= 0.6 is 0 Å². The van der Waals surface area contributed by atoms with Crippen LogP contribution in [-0.2, 0) is 11.3 Å². The van der Waals surface area contributed by atoms with Gasteiger partial charge in [0.25, 0.3) is 0 Å². The molecule has 1 N–H and O–H groups in total. The van der Waals surface area contributed by atoms with Gasteiger partial charge in [-0.05, 0) is 7.05 Å². The van der Waals surface area contributed by atoms with Crippen molar-refractivity contribution in [1.29, 1.82) is 0 Å². The van der Waals surface area contributed by atoms with E-state index in [2.05, 4.69) is 37.2 Å². The summed E-state index contributed by atoms with van der Waals surface area (Å²) in [5.41, 5.74) is 0.990. The molecule has 0 saturated carbocycles. The summed E-state index contributed by atoms with van der Waals surface area (Å²) in [6, 6.07) is 1.92. The van der Waals surface area contributed by atoms with Gasteiger partial charge in [0, 0.05) is 65.5 Å². The van der Waals surface area contributed by atoms with E-state index in [1.807, 2.05) is 13.1 Å². The first-order chi connectivity index (χ1) is 11.7. The lowest BCUT2D eigenvalue weighted by molar-refractivity contribution is -0.0164. The Morgan fingerprint density at radius 2 is 2.17 bits per heavy atom. The van der Waals surface area contributed by atoms with Gasteiger partial charge in [-0.2, -0.15) is 0 Å². The Hall–Kier alpha value is -1.64. The van der Waals surface area contributed by atoms with Crippen LogP contribution in [-0.4, -0.2) is 98.4 Å². The Morgan fingerprint density at radius 1 is 1.33 bits per heavy atom. The number of morpholine rings is 1. The van der Waals surface area contributed by atoms with E-state index >= 15 is 0 Å². The molecule has 1 atom stereocenters. The third-order valence-corrected chi connectivity index (χ3v) is 4.59. The minimum atomic E-state index is 0.231. The van der Waals surface area contributed by atoms with Gasteiger partial charge in [0.1, 0.15) is 6.26 Å². The fourth-order valence-corrected chi connectivity index (χ4v) is 3.19. The molecule has 3 heterocycles. The second-order valence-corrected chi connectivity index (χ2v) is 6.44. The molecule has 134 valence electrons. The van der Waals surface area contributed by atoms with Crippen molar-refractivity contribution in [1.82, 2.24) is 25.2 Å². The van der Waals surface area contributed by atoms with Crippen LogP contribution in [0, 0.1) is 0 Å². The molecule has 3 rings (SSSR count). The number of nitrogens with one attached hydrogen (secondary N) is 1. The van der Waals surface area contributed by atoms with E-state index < -0.39 is 0 Å². The molecule has 0 radical (unpaired) electrons. The number of hydrogen-bond donors (Lipinski definition) is 1. The van der Waals surface area contributed by atoms with E-state index in [1.54, 1.807) is 6.26 Å². The second-order valence-electron chi connectivity index (χ2n) is 6.44. The first-order valence-corrected chi connectivity index (χ1v) is 8.62. The van der Waals surface area contributed by atoms with Crippen molar-refractivity contribution in [2.24, 2.45) is 4.99 Å². The van der Waals surface area contributed by atoms with Gasteiger partial charge in [-0.3, -0.25) is 9.89 Å². The maximum Gasteiger partial charge on any atom is 0.193 e. The Kier molecular flexibility index (Phi) is 6.06. The summed E-state index contributed by atoms with van der Waals surface area (Å²) in [6.07, 6.45) is 1.86. The molecular formula is C16H28N6O2. The first-order valence-electron chi connectivity index (χ1n) is 8.62. The monoisotopic (exact) mass is 336 g/mol. The van der Waals surface area contributed by atoms with Crippen molar-refractivity contribution < 1.29 is 9.26 Å². The molecule has 8 nitrogen and oxygen atoms in total. The Morgan fingerprint density at radius 3 is 2.83 bits per heavy atom. The number of ether oxygens (including phenoxy) is 1. The summed E-state index contributed by atoms with van der Waals surface area (Å²) in [6.45, 7) is 8.35. The van der Waals surface area contributed by atoms with E-state index in [1.165, 1.54) is 0 Å². The summed E-state index contributed by atoms with van der Waals surface area (Å²) in [4.78, 5) is 11.4. The topological polar surface area (TPSA) is 69.4 Å². The molecule has 0 spiro atoms. The smallest absolute Gasteiger partial charge is 0.193 e. The molecule has 0 aliphatic carbocycles. The normalized spacial score (nSPS) is 24.3. The zero-order chi connectivity index (χ0) is 16.8. The first kappa shape index (κ1) is 17.2. The van der Waals surface area contributed by atoms with E-state index in [0.717, 1.165) is 70.6 Å². The van der Waals surface area contributed by atoms with Crippen molar-refractivity contribution in [3.8, 4) is 0 Å². The van der Waals surface area contributed by atoms with Gasteiger partial charge in [0.2, 0.25) is 0 Å². The lowest BCUT2D eigenvalue weighted by atomic mass is 10.2. The summed E-state index contributed by atoms with van der Waals surface area (Å²) < 4.78 is 10.7. The van der Waals surface area contributed by atoms with Crippen LogP contribution in [0.1, 0.15) is 5.69 Å². The van der Waals surface area contributed by atoms with Crippen molar-refractivity contribution in [3.63, 3.8) is 0 Å². The van der Waals surface area contributed by atoms with E-state index in [9.17, 15) is 0 Å². The quantitative estimate of drug-likeness (QED) is 0.598. The van der Waals surface area contributed by atoms with Crippen LogP contribution in [0.4, 0.5) is 0 Å².